The van der Waals surface area contributed by atoms with Gasteiger partial charge in [-0.15, -0.1) is 0 Å². The average molecular weight is 279 g/mol. The van der Waals surface area contributed by atoms with Crippen molar-refractivity contribution in [2.24, 2.45) is 5.92 Å². The molecule has 0 saturated carbocycles. The normalized spacial score (nSPS) is 11.1. The molecule has 2 rings (SSSR count). The van der Waals surface area contributed by atoms with Crippen molar-refractivity contribution in [2.75, 3.05) is 12.3 Å². The molecule has 2 heterocycles. The quantitative estimate of drug-likeness (QED) is 0.823. The second kappa shape index (κ2) is 6.56. The van der Waals surface area contributed by atoms with Crippen molar-refractivity contribution >= 4 is 28.9 Å². The van der Waals surface area contributed by atoms with Crippen LogP contribution in [0.15, 0.2) is 28.0 Å². The van der Waals surface area contributed by atoms with Gasteiger partial charge < -0.3 is 9.73 Å². The SMILES string of the molecule is CC(C)CCNC(=O)CSc1nc2ncccc2o1. The molecule has 1 N–H and O–H groups in total. The van der Waals surface area contributed by atoms with Crippen molar-refractivity contribution in [1.82, 2.24) is 15.3 Å². The molecule has 0 aromatic carbocycles. The van der Waals surface area contributed by atoms with E-state index in [2.05, 4.69) is 29.1 Å². The zero-order chi connectivity index (χ0) is 13.7. The minimum atomic E-state index is 0.000801. The highest BCUT2D eigenvalue weighted by Gasteiger charge is 2.09. The average Bonchev–Trinajstić information content (AvgIpc) is 2.78. The Morgan fingerprint density at radius 1 is 1.53 bits per heavy atom. The van der Waals surface area contributed by atoms with E-state index in [1.807, 2.05) is 6.07 Å². The van der Waals surface area contributed by atoms with Gasteiger partial charge in [0.1, 0.15) is 0 Å². The number of nitrogens with one attached hydrogen (secondary N) is 1. The minimum Gasteiger partial charge on any atom is -0.430 e. The molecule has 2 aromatic rings. The maximum atomic E-state index is 11.6. The number of hydrogen-bond donors (Lipinski definition) is 1. The van der Waals surface area contributed by atoms with Crippen molar-refractivity contribution in [2.45, 2.75) is 25.5 Å². The number of thioether (sulfide) groups is 1. The Hall–Kier alpha value is -1.56. The largest absolute Gasteiger partial charge is 0.430 e. The van der Waals surface area contributed by atoms with Crippen LogP contribution >= 0.6 is 11.8 Å². The maximum absolute atomic E-state index is 11.6. The summed E-state index contributed by atoms with van der Waals surface area (Å²) in [5.74, 6) is 0.905. The zero-order valence-electron chi connectivity index (χ0n) is 11.0. The van der Waals surface area contributed by atoms with Crippen molar-refractivity contribution in [3.63, 3.8) is 0 Å². The molecule has 0 spiro atoms. The third-order valence-corrected chi connectivity index (χ3v) is 3.34. The Morgan fingerprint density at radius 3 is 3.11 bits per heavy atom. The summed E-state index contributed by atoms with van der Waals surface area (Å²) in [5, 5.41) is 3.35. The smallest absolute Gasteiger partial charge is 0.258 e. The Bertz CT molecular complexity index is 521. The van der Waals surface area contributed by atoms with Gasteiger partial charge in [0.2, 0.25) is 5.91 Å². The lowest BCUT2D eigenvalue weighted by Crippen LogP contribution is -2.26. The van der Waals surface area contributed by atoms with Crippen molar-refractivity contribution in [3.8, 4) is 0 Å². The highest BCUT2D eigenvalue weighted by Crippen LogP contribution is 2.21. The van der Waals surface area contributed by atoms with E-state index in [1.54, 1.807) is 12.3 Å². The molecule has 5 nitrogen and oxygen atoms in total. The van der Waals surface area contributed by atoms with Gasteiger partial charge in [0, 0.05) is 12.7 Å². The maximum Gasteiger partial charge on any atom is 0.258 e. The van der Waals surface area contributed by atoms with E-state index < -0.39 is 0 Å². The first-order chi connectivity index (χ1) is 9.15. The van der Waals surface area contributed by atoms with Gasteiger partial charge >= 0.3 is 0 Å². The Kier molecular flexibility index (Phi) is 4.79. The second-order valence-corrected chi connectivity index (χ2v) is 5.55. The molecule has 1 amide bonds. The topological polar surface area (TPSA) is 68.0 Å². The predicted molar refractivity (Wildman–Crippen MR) is 75.0 cm³/mol. The molecule has 0 aliphatic rings. The lowest BCUT2D eigenvalue weighted by Gasteiger charge is -2.05. The molecule has 0 fully saturated rings. The van der Waals surface area contributed by atoms with E-state index in [-0.39, 0.29) is 5.91 Å². The summed E-state index contributed by atoms with van der Waals surface area (Å²) >= 11 is 1.28. The highest BCUT2D eigenvalue weighted by atomic mass is 32.2. The van der Waals surface area contributed by atoms with Crippen LogP contribution in [-0.2, 0) is 4.79 Å². The molecule has 0 saturated heterocycles. The molecule has 0 radical (unpaired) electrons. The molecular weight excluding hydrogens is 262 g/mol. The van der Waals surface area contributed by atoms with Crippen LogP contribution in [0.2, 0.25) is 0 Å². The summed E-state index contributed by atoms with van der Waals surface area (Å²) in [6.45, 7) is 4.98. The van der Waals surface area contributed by atoms with Crippen molar-refractivity contribution in [3.05, 3.63) is 18.3 Å². The predicted octanol–water partition coefficient (Wildman–Crippen LogP) is 2.48. The van der Waals surface area contributed by atoms with E-state index in [1.165, 1.54) is 11.8 Å². The first-order valence-corrected chi connectivity index (χ1v) is 7.25. The highest BCUT2D eigenvalue weighted by molar-refractivity contribution is 7.99. The first-order valence-electron chi connectivity index (χ1n) is 6.26. The van der Waals surface area contributed by atoms with Gasteiger partial charge in [-0.2, -0.15) is 4.98 Å². The molecule has 6 heteroatoms. The molecule has 0 aliphatic carbocycles. The molecule has 19 heavy (non-hydrogen) atoms. The van der Waals surface area contributed by atoms with Crippen LogP contribution in [-0.4, -0.2) is 28.2 Å². The van der Waals surface area contributed by atoms with Crippen LogP contribution in [0.4, 0.5) is 0 Å². The number of carbonyl (C=O) groups is 1. The van der Waals surface area contributed by atoms with Gasteiger partial charge in [-0.3, -0.25) is 4.79 Å². The van der Waals surface area contributed by atoms with E-state index in [0.29, 0.717) is 34.7 Å². The number of aromatic nitrogens is 2. The summed E-state index contributed by atoms with van der Waals surface area (Å²) in [4.78, 5) is 19.9. The molecule has 0 aliphatic heterocycles. The first kappa shape index (κ1) is 13.9. The Balaban J connectivity index is 1.80. The number of amides is 1. The number of nitrogens with zero attached hydrogens (tertiary/aromatic N) is 2. The fourth-order valence-electron chi connectivity index (χ4n) is 1.49. The number of fused-ring (bicyclic) bond motifs is 1. The van der Waals surface area contributed by atoms with E-state index in [9.17, 15) is 4.79 Å². The number of hydrogen-bond acceptors (Lipinski definition) is 5. The van der Waals surface area contributed by atoms with Crippen LogP contribution in [0.5, 0.6) is 0 Å². The lowest BCUT2D eigenvalue weighted by atomic mass is 10.1. The lowest BCUT2D eigenvalue weighted by molar-refractivity contribution is -0.118. The second-order valence-electron chi connectivity index (χ2n) is 4.63. The summed E-state index contributed by atoms with van der Waals surface area (Å²) in [6.07, 6.45) is 2.65. The van der Waals surface area contributed by atoms with E-state index >= 15 is 0 Å². The van der Waals surface area contributed by atoms with Crippen LogP contribution in [0.1, 0.15) is 20.3 Å². The Morgan fingerprint density at radius 2 is 2.37 bits per heavy atom. The third kappa shape index (κ3) is 4.24. The summed E-state index contributed by atoms with van der Waals surface area (Å²) in [6, 6.07) is 3.60. The third-order valence-electron chi connectivity index (χ3n) is 2.52. The van der Waals surface area contributed by atoms with Crippen molar-refractivity contribution < 1.29 is 9.21 Å². The molecule has 0 bridgehead atoms. The fourth-order valence-corrected chi connectivity index (χ4v) is 2.15. The van der Waals surface area contributed by atoms with Gasteiger partial charge in [-0.25, -0.2) is 4.98 Å². The van der Waals surface area contributed by atoms with Crippen molar-refractivity contribution in [1.29, 1.82) is 0 Å². The van der Waals surface area contributed by atoms with Gasteiger partial charge in [0.05, 0.1) is 5.75 Å². The molecule has 0 unspecified atom stereocenters. The van der Waals surface area contributed by atoms with Gasteiger partial charge in [0.25, 0.3) is 5.22 Å². The van der Waals surface area contributed by atoms with Crippen LogP contribution < -0.4 is 5.32 Å². The number of carbonyl (C=O) groups excluding carboxylic acids is 1. The number of rotatable bonds is 6. The van der Waals surface area contributed by atoms with E-state index in [4.69, 9.17) is 4.42 Å². The van der Waals surface area contributed by atoms with Gasteiger partial charge in [-0.1, -0.05) is 25.6 Å². The summed E-state index contributed by atoms with van der Waals surface area (Å²) in [5.41, 5.74) is 1.22. The summed E-state index contributed by atoms with van der Waals surface area (Å²) in [7, 11) is 0. The fraction of sp³-hybridized carbons (Fsp3) is 0.462. The van der Waals surface area contributed by atoms with E-state index in [0.717, 1.165) is 6.42 Å². The van der Waals surface area contributed by atoms with Gasteiger partial charge in [-0.05, 0) is 24.5 Å². The number of oxazole rings is 1. The Labute approximate surface area is 116 Å². The summed E-state index contributed by atoms with van der Waals surface area (Å²) < 4.78 is 5.47. The zero-order valence-corrected chi connectivity index (χ0v) is 11.9. The standard InChI is InChI=1S/C13H17N3O2S/c1-9(2)5-7-14-11(17)8-19-13-16-12-10(18-13)4-3-6-15-12/h3-4,6,9H,5,7-8H2,1-2H3,(H,14,17). The van der Waals surface area contributed by atoms with Crippen LogP contribution in [0.3, 0.4) is 0 Å². The molecule has 0 atom stereocenters. The molecule has 2 aromatic heterocycles. The van der Waals surface area contributed by atoms with Crippen LogP contribution in [0, 0.1) is 5.92 Å². The number of pyridine rings is 1. The van der Waals surface area contributed by atoms with Crippen LogP contribution in [0.25, 0.3) is 11.2 Å². The minimum absolute atomic E-state index is 0.000801. The molecular formula is C13H17N3O2S. The monoisotopic (exact) mass is 279 g/mol. The van der Waals surface area contributed by atoms with Gasteiger partial charge in [0.15, 0.2) is 11.2 Å². The molecule has 102 valence electrons.